The molecule has 0 radical (unpaired) electrons. The molecule has 0 aliphatic heterocycles. The number of halogens is 1. The Morgan fingerprint density at radius 3 is 2.70 bits per heavy atom. The SMILES string of the molecule is CCCn1cnc2c(NCc3ccc(OC)cc3)nc(Cl)nc21. The molecule has 0 atom stereocenters. The molecule has 0 bridgehead atoms. The Bertz CT molecular complexity index is 800. The molecule has 6 nitrogen and oxygen atoms in total. The van der Waals surface area contributed by atoms with Crippen LogP contribution in [0, 0.1) is 0 Å². The van der Waals surface area contributed by atoms with E-state index in [0.717, 1.165) is 35.4 Å². The predicted molar refractivity (Wildman–Crippen MR) is 90.9 cm³/mol. The molecule has 2 aromatic heterocycles. The lowest BCUT2D eigenvalue weighted by Gasteiger charge is -2.08. The lowest BCUT2D eigenvalue weighted by atomic mass is 10.2. The second kappa shape index (κ2) is 6.83. The van der Waals surface area contributed by atoms with Crippen LogP contribution in [0.4, 0.5) is 5.82 Å². The third-order valence-electron chi connectivity index (χ3n) is 3.52. The van der Waals surface area contributed by atoms with Gasteiger partial charge in [-0.1, -0.05) is 19.1 Å². The van der Waals surface area contributed by atoms with Crippen LogP contribution in [0.2, 0.25) is 5.28 Å². The van der Waals surface area contributed by atoms with Crippen molar-refractivity contribution >= 4 is 28.6 Å². The van der Waals surface area contributed by atoms with E-state index in [1.54, 1.807) is 13.4 Å². The molecule has 0 saturated heterocycles. The lowest BCUT2D eigenvalue weighted by Crippen LogP contribution is -2.04. The summed E-state index contributed by atoms with van der Waals surface area (Å²) in [6, 6.07) is 7.86. The van der Waals surface area contributed by atoms with E-state index in [1.165, 1.54) is 0 Å². The average Bonchev–Trinajstić information content (AvgIpc) is 2.96. The van der Waals surface area contributed by atoms with Crippen molar-refractivity contribution < 1.29 is 4.74 Å². The number of nitrogens with one attached hydrogen (secondary N) is 1. The van der Waals surface area contributed by atoms with Gasteiger partial charge in [0.05, 0.1) is 13.4 Å². The third kappa shape index (κ3) is 3.37. The molecule has 0 aliphatic rings. The van der Waals surface area contributed by atoms with Crippen LogP contribution in [-0.2, 0) is 13.1 Å². The number of benzene rings is 1. The van der Waals surface area contributed by atoms with E-state index in [1.807, 2.05) is 28.8 Å². The molecule has 0 spiro atoms. The fourth-order valence-electron chi connectivity index (χ4n) is 2.37. The Morgan fingerprint density at radius 2 is 2.00 bits per heavy atom. The molecule has 120 valence electrons. The normalized spacial score (nSPS) is 10.9. The maximum Gasteiger partial charge on any atom is 0.226 e. The van der Waals surface area contributed by atoms with Crippen LogP contribution < -0.4 is 10.1 Å². The van der Waals surface area contributed by atoms with E-state index < -0.39 is 0 Å². The van der Waals surface area contributed by atoms with Gasteiger partial charge >= 0.3 is 0 Å². The fourth-order valence-corrected chi connectivity index (χ4v) is 2.54. The molecular weight excluding hydrogens is 314 g/mol. The molecule has 2 heterocycles. The van der Waals surface area contributed by atoms with Crippen molar-refractivity contribution in [3.8, 4) is 5.75 Å². The van der Waals surface area contributed by atoms with Crippen molar-refractivity contribution in [1.82, 2.24) is 19.5 Å². The second-order valence-corrected chi connectivity index (χ2v) is 5.49. The Labute approximate surface area is 139 Å². The summed E-state index contributed by atoms with van der Waals surface area (Å²) in [6.07, 6.45) is 2.78. The number of ether oxygens (including phenoxy) is 1. The van der Waals surface area contributed by atoms with E-state index in [2.05, 4.69) is 27.2 Å². The summed E-state index contributed by atoms with van der Waals surface area (Å²) >= 11 is 6.05. The van der Waals surface area contributed by atoms with Gasteiger partial charge in [0.15, 0.2) is 17.0 Å². The number of aromatic nitrogens is 4. The van der Waals surface area contributed by atoms with E-state index in [-0.39, 0.29) is 5.28 Å². The number of imidazole rings is 1. The van der Waals surface area contributed by atoms with Gasteiger partial charge in [-0.05, 0) is 35.7 Å². The van der Waals surface area contributed by atoms with Gasteiger partial charge in [-0.25, -0.2) is 4.98 Å². The maximum atomic E-state index is 6.05. The molecule has 7 heteroatoms. The molecule has 1 aromatic carbocycles. The summed E-state index contributed by atoms with van der Waals surface area (Å²) in [6.45, 7) is 3.58. The van der Waals surface area contributed by atoms with Crippen LogP contribution in [0.15, 0.2) is 30.6 Å². The first-order valence-electron chi connectivity index (χ1n) is 7.46. The molecular formula is C16H18ClN5O. The first-order valence-corrected chi connectivity index (χ1v) is 7.84. The fraction of sp³-hybridized carbons (Fsp3) is 0.312. The van der Waals surface area contributed by atoms with Gasteiger partial charge < -0.3 is 14.6 Å². The van der Waals surface area contributed by atoms with Crippen LogP contribution in [0.25, 0.3) is 11.2 Å². The predicted octanol–water partition coefficient (Wildman–Crippen LogP) is 3.51. The van der Waals surface area contributed by atoms with E-state index in [9.17, 15) is 0 Å². The Hall–Kier alpha value is -2.34. The maximum absolute atomic E-state index is 6.05. The van der Waals surface area contributed by atoms with E-state index >= 15 is 0 Å². The summed E-state index contributed by atoms with van der Waals surface area (Å²) in [5.74, 6) is 1.48. The van der Waals surface area contributed by atoms with Gasteiger partial charge in [-0.3, -0.25) is 0 Å². The topological polar surface area (TPSA) is 64.9 Å². The highest BCUT2D eigenvalue weighted by molar-refractivity contribution is 6.28. The first-order chi connectivity index (χ1) is 11.2. The van der Waals surface area contributed by atoms with Crippen LogP contribution in [-0.4, -0.2) is 26.6 Å². The van der Waals surface area contributed by atoms with E-state index in [4.69, 9.17) is 16.3 Å². The molecule has 0 unspecified atom stereocenters. The summed E-state index contributed by atoms with van der Waals surface area (Å²) in [7, 11) is 1.65. The van der Waals surface area contributed by atoms with Crippen molar-refractivity contribution in [3.05, 3.63) is 41.4 Å². The smallest absolute Gasteiger partial charge is 0.226 e. The van der Waals surface area contributed by atoms with Crippen molar-refractivity contribution in [2.75, 3.05) is 12.4 Å². The molecule has 1 N–H and O–H groups in total. The third-order valence-corrected chi connectivity index (χ3v) is 3.69. The van der Waals surface area contributed by atoms with Crippen molar-refractivity contribution in [3.63, 3.8) is 0 Å². The van der Waals surface area contributed by atoms with Crippen LogP contribution in [0.1, 0.15) is 18.9 Å². The van der Waals surface area contributed by atoms with Gasteiger partial charge in [0, 0.05) is 13.1 Å². The standard InChI is InChI=1S/C16H18ClN5O/c1-3-8-22-10-19-13-14(20-16(17)21-15(13)22)18-9-11-4-6-12(23-2)7-5-11/h4-7,10H,3,8-9H2,1-2H3,(H,18,20,21). The largest absolute Gasteiger partial charge is 0.497 e. The number of rotatable bonds is 6. The molecule has 0 aliphatic carbocycles. The van der Waals surface area contributed by atoms with Crippen molar-refractivity contribution in [1.29, 1.82) is 0 Å². The summed E-state index contributed by atoms with van der Waals surface area (Å²) in [5.41, 5.74) is 2.60. The summed E-state index contributed by atoms with van der Waals surface area (Å²) in [4.78, 5) is 13.0. The number of hydrogen-bond acceptors (Lipinski definition) is 5. The Kier molecular flexibility index (Phi) is 4.62. The second-order valence-electron chi connectivity index (χ2n) is 5.15. The van der Waals surface area contributed by atoms with Crippen molar-refractivity contribution in [2.45, 2.75) is 26.4 Å². The summed E-state index contributed by atoms with van der Waals surface area (Å²) in [5, 5.41) is 3.50. The number of methoxy groups -OCH3 is 1. The number of nitrogens with zero attached hydrogens (tertiary/aromatic N) is 4. The van der Waals surface area contributed by atoms with Crippen LogP contribution >= 0.6 is 11.6 Å². The van der Waals surface area contributed by atoms with Gasteiger partial charge in [0.2, 0.25) is 5.28 Å². The average molecular weight is 332 g/mol. The minimum absolute atomic E-state index is 0.215. The van der Waals surface area contributed by atoms with Gasteiger partial charge in [-0.2, -0.15) is 9.97 Å². The summed E-state index contributed by atoms with van der Waals surface area (Å²) < 4.78 is 7.15. The highest BCUT2D eigenvalue weighted by Gasteiger charge is 2.12. The molecule has 3 rings (SSSR count). The zero-order valence-corrected chi connectivity index (χ0v) is 13.8. The minimum Gasteiger partial charge on any atom is -0.497 e. The lowest BCUT2D eigenvalue weighted by molar-refractivity contribution is 0.414. The molecule has 0 saturated carbocycles. The molecule has 23 heavy (non-hydrogen) atoms. The van der Waals surface area contributed by atoms with Crippen molar-refractivity contribution in [2.24, 2.45) is 0 Å². The number of anilines is 1. The van der Waals surface area contributed by atoms with Gasteiger partial charge in [-0.15, -0.1) is 0 Å². The number of hydrogen-bond donors (Lipinski definition) is 1. The quantitative estimate of drug-likeness (QED) is 0.700. The number of aryl methyl sites for hydroxylation is 1. The molecule has 3 aromatic rings. The Morgan fingerprint density at radius 1 is 1.22 bits per heavy atom. The van der Waals surface area contributed by atoms with Gasteiger partial charge in [0.1, 0.15) is 5.75 Å². The Balaban J connectivity index is 1.84. The minimum atomic E-state index is 0.215. The monoisotopic (exact) mass is 331 g/mol. The zero-order valence-electron chi connectivity index (χ0n) is 13.1. The van der Waals surface area contributed by atoms with Crippen LogP contribution in [0.3, 0.4) is 0 Å². The highest BCUT2D eigenvalue weighted by atomic mass is 35.5. The van der Waals surface area contributed by atoms with Crippen LogP contribution in [0.5, 0.6) is 5.75 Å². The molecule has 0 fully saturated rings. The number of fused-ring (bicyclic) bond motifs is 1. The first kappa shape index (κ1) is 15.6. The molecule has 0 amide bonds. The highest BCUT2D eigenvalue weighted by Crippen LogP contribution is 2.22. The zero-order chi connectivity index (χ0) is 16.2. The van der Waals surface area contributed by atoms with E-state index in [0.29, 0.717) is 12.4 Å². The van der Waals surface area contributed by atoms with Gasteiger partial charge in [0.25, 0.3) is 0 Å².